The molecule has 0 saturated carbocycles. The summed E-state index contributed by atoms with van der Waals surface area (Å²) in [4.78, 5) is 0. The van der Waals surface area contributed by atoms with Gasteiger partial charge in [-0.2, -0.15) is 12.6 Å². The van der Waals surface area contributed by atoms with Crippen LogP contribution in [0.25, 0.3) is 5.57 Å². The average Bonchev–Trinajstić information content (AvgIpc) is 2.43. The van der Waals surface area contributed by atoms with E-state index in [0.717, 1.165) is 12.0 Å². The van der Waals surface area contributed by atoms with Crippen molar-refractivity contribution in [3.05, 3.63) is 65.1 Å². The Labute approximate surface area is 137 Å². The van der Waals surface area contributed by atoms with Gasteiger partial charge in [-0.05, 0) is 50.2 Å². The number of unbranched alkanes of at least 4 members (excludes halogenated alkanes) is 2. The van der Waals surface area contributed by atoms with Crippen LogP contribution in [0.5, 0.6) is 0 Å². The van der Waals surface area contributed by atoms with Gasteiger partial charge in [0.25, 0.3) is 0 Å². The molecule has 1 aromatic carbocycles. The van der Waals surface area contributed by atoms with Gasteiger partial charge in [0.15, 0.2) is 0 Å². The second-order valence-electron chi connectivity index (χ2n) is 5.52. The van der Waals surface area contributed by atoms with Crippen LogP contribution >= 0.6 is 12.6 Å². The second kappa shape index (κ2) is 11.4. The number of benzene rings is 1. The van der Waals surface area contributed by atoms with Crippen LogP contribution in [0.1, 0.15) is 56.2 Å². The maximum atomic E-state index is 4.06. The fourth-order valence-electron chi connectivity index (χ4n) is 2.02. The Morgan fingerprint density at radius 1 is 1.14 bits per heavy atom. The molecule has 0 radical (unpaired) electrons. The van der Waals surface area contributed by atoms with Gasteiger partial charge in [-0.1, -0.05) is 73.9 Å². The van der Waals surface area contributed by atoms with E-state index in [-0.39, 0.29) is 0 Å². The molecule has 1 rings (SSSR count). The van der Waals surface area contributed by atoms with E-state index in [1.54, 1.807) is 0 Å². The molecule has 0 unspecified atom stereocenters. The molecule has 0 amide bonds. The molecule has 21 heavy (non-hydrogen) atoms. The summed E-state index contributed by atoms with van der Waals surface area (Å²) in [6, 6.07) is 6.50. The molecule has 0 aliphatic carbocycles. The van der Waals surface area contributed by atoms with E-state index < -0.39 is 0 Å². The molecule has 0 aliphatic heterocycles. The van der Waals surface area contributed by atoms with Crippen LogP contribution in [0.3, 0.4) is 0 Å². The molecule has 0 heterocycles. The summed E-state index contributed by atoms with van der Waals surface area (Å²) in [5.74, 6) is 0. The van der Waals surface area contributed by atoms with Gasteiger partial charge in [0.05, 0.1) is 0 Å². The molecule has 0 atom stereocenters. The van der Waals surface area contributed by atoms with Crippen molar-refractivity contribution in [2.24, 2.45) is 0 Å². The minimum absolute atomic E-state index is 1.13. The lowest BCUT2D eigenvalue weighted by molar-refractivity contribution is 0.720. The monoisotopic (exact) mass is 302 g/mol. The van der Waals surface area contributed by atoms with E-state index in [0.29, 0.717) is 0 Å². The van der Waals surface area contributed by atoms with Crippen molar-refractivity contribution in [1.29, 1.82) is 0 Å². The van der Waals surface area contributed by atoms with E-state index in [2.05, 4.69) is 64.8 Å². The number of hydrogen-bond acceptors (Lipinski definition) is 1. The normalized spacial score (nSPS) is 10.6. The molecule has 0 aromatic heterocycles. The minimum Gasteiger partial charge on any atom is -0.151 e. The van der Waals surface area contributed by atoms with Crippen LogP contribution in [0.2, 0.25) is 0 Å². The van der Waals surface area contributed by atoms with Crippen molar-refractivity contribution in [3.63, 3.8) is 0 Å². The van der Waals surface area contributed by atoms with Crippen molar-refractivity contribution in [2.75, 3.05) is 0 Å². The smallest absolute Gasteiger partial charge is 0.0228 e. The van der Waals surface area contributed by atoms with Crippen LogP contribution in [0.15, 0.2) is 48.4 Å². The number of thiol groups is 1. The summed E-state index contributed by atoms with van der Waals surface area (Å²) in [5.41, 5.74) is 6.25. The van der Waals surface area contributed by atoms with Gasteiger partial charge in [0.2, 0.25) is 0 Å². The van der Waals surface area contributed by atoms with Crippen molar-refractivity contribution in [3.8, 4) is 0 Å². The molecule has 0 nitrogen and oxygen atoms in total. The van der Waals surface area contributed by atoms with Gasteiger partial charge in [-0.3, -0.25) is 0 Å². The van der Waals surface area contributed by atoms with Gasteiger partial charge in [-0.15, -0.1) is 0 Å². The molecule has 0 spiro atoms. The Morgan fingerprint density at radius 2 is 1.71 bits per heavy atom. The van der Waals surface area contributed by atoms with Crippen LogP contribution in [-0.4, -0.2) is 0 Å². The van der Waals surface area contributed by atoms with Gasteiger partial charge in [0, 0.05) is 0 Å². The summed E-state index contributed by atoms with van der Waals surface area (Å²) in [6.07, 6.45) is 6.84. The molecular formula is C20H30S. The van der Waals surface area contributed by atoms with Gasteiger partial charge in [-0.25, -0.2) is 0 Å². The Morgan fingerprint density at radius 3 is 2.10 bits per heavy atom. The average molecular weight is 303 g/mol. The highest BCUT2D eigenvalue weighted by Crippen LogP contribution is 2.15. The third-order valence-corrected chi connectivity index (χ3v) is 3.54. The van der Waals surface area contributed by atoms with Crippen molar-refractivity contribution in [2.45, 2.75) is 53.4 Å². The van der Waals surface area contributed by atoms with Crippen LogP contribution < -0.4 is 0 Å². The SMILES string of the molecule is C=C(C)c1cc(C)cc(C)c1.C=C/C(=C\S)CCCCC. The van der Waals surface area contributed by atoms with Gasteiger partial charge in [0.1, 0.15) is 0 Å². The molecule has 0 saturated heterocycles. The first-order chi connectivity index (χ1) is 9.94. The van der Waals surface area contributed by atoms with Crippen LogP contribution in [0, 0.1) is 13.8 Å². The molecule has 0 aliphatic rings. The quantitative estimate of drug-likeness (QED) is 0.329. The molecule has 0 N–H and O–H groups in total. The first-order valence-electron chi connectivity index (χ1n) is 7.64. The molecular weight excluding hydrogens is 272 g/mol. The van der Waals surface area contributed by atoms with E-state index in [9.17, 15) is 0 Å². The summed E-state index contributed by atoms with van der Waals surface area (Å²) in [7, 11) is 0. The maximum Gasteiger partial charge on any atom is -0.0228 e. The number of hydrogen-bond donors (Lipinski definition) is 1. The molecule has 0 fully saturated rings. The van der Waals surface area contributed by atoms with Crippen LogP contribution in [0.4, 0.5) is 0 Å². The number of aryl methyl sites for hydroxylation is 2. The standard InChI is InChI=1S/C11H14.C9H16S/c1-8(2)11-6-9(3)5-10(4)7-11;1-3-5-6-7-9(4-2)8-10/h5-7H,1H2,2-4H3;4,8,10H,2-3,5-7H2,1H3/b;9-8+. The molecule has 0 bridgehead atoms. The second-order valence-corrected chi connectivity index (χ2v) is 5.78. The zero-order valence-electron chi connectivity index (χ0n) is 14.1. The topological polar surface area (TPSA) is 0 Å². The summed E-state index contributed by atoms with van der Waals surface area (Å²) >= 11 is 4.06. The Hall–Kier alpha value is -1.21. The van der Waals surface area contributed by atoms with E-state index in [4.69, 9.17) is 0 Å². The first kappa shape index (κ1) is 19.8. The van der Waals surface area contributed by atoms with Gasteiger partial charge >= 0.3 is 0 Å². The number of allylic oxidation sites excluding steroid dienone is 3. The Kier molecular flexibility index (Phi) is 10.8. The minimum atomic E-state index is 1.13. The predicted molar refractivity (Wildman–Crippen MR) is 102 cm³/mol. The third-order valence-electron chi connectivity index (χ3n) is 3.21. The van der Waals surface area contributed by atoms with Crippen molar-refractivity contribution in [1.82, 2.24) is 0 Å². The summed E-state index contributed by atoms with van der Waals surface area (Å²) < 4.78 is 0. The maximum absolute atomic E-state index is 4.06. The Balaban J connectivity index is 0.000000384. The van der Waals surface area contributed by atoms with E-state index in [1.807, 2.05) is 18.4 Å². The van der Waals surface area contributed by atoms with Crippen LogP contribution in [-0.2, 0) is 0 Å². The lowest BCUT2D eigenvalue weighted by atomic mass is 10.0. The number of rotatable bonds is 6. The van der Waals surface area contributed by atoms with Gasteiger partial charge < -0.3 is 0 Å². The zero-order valence-corrected chi connectivity index (χ0v) is 15.0. The highest BCUT2D eigenvalue weighted by Gasteiger charge is 1.94. The fourth-order valence-corrected chi connectivity index (χ4v) is 2.25. The third kappa shape index (κ3) is 9.36. The molecule has 1 aromatic rings. The highest BCUT2D eigenvalue weighted by molar-refractivity contribution is 7.83. The first-order valence-corrected chi connectivity index (χ1v) is 8.16. The Bertz CT molecular complexity index is 460. The zero-order chi connectivity index (χ0) is 16.3. The van der Waals surface area contributed by atoms with Crippen molar-refractivity contribution >= 4 is 18.2 Å². The largest absolute Gasteiger partial charge is 0.151 e. The summed E-state index contributed by atoms with van der Waals surface area (Å²) in [6.45, 7) is 16.1. The fraction of sp³-hybridized carbons (Fsp3) is 0.400. The van der Waals surface area contributed by atoms with E-state index in [1.165, 1.54) is 41.5 Å². The lowest BCUT2D eigenvalue weighted by Crippen LogP contribution is -1.82. The highest BCUT2D eigenvalue weighted by atomic mass is 32.1. The lowest BCUT2D eigenvalue weighted by Gasteiger charge is -2.02. The predicted octanol–water partition coefficient (Wildman–Crippen LogP) is 6.90. The van der Waals surface area contributed by atoms with E-state index >= 15 is 0 Å². The van der Waals surface area contributed by atoms with Crippen molar-refractivity contribution < 1.29 is 0 Å². The molecule has 1 heteroatoms. The molecule has 116 valence electrons. The summed E-state index contributed by atoms with van der Waals surface area (Å²) in [5, 5.41) is 1.84.